The fourth-order valence-electron chi connectivity index (χ4n) is 8.15. The molecule has 25 heavy (non-hydrogen) atoms. The summed E-state index contributed by atoms with van der Waals surface area (Å²) in [6.07, 6.45) is 10.7. The molecule has 0 saturated heterocycles. The highest BCUT2D eigenvalue weighted by Gasteiger charge is 2.68. The molecule has 0 aromatic rings. The molecular formula is C21H34O3S. The van der Waals surface area contributed by atoms with Gasteiger partial charge in [0, 0.05) is 0 Å². The van der Waals surface area contributed by atoms with Crippen LogP contribution in [0.5, 0.6) is 0 Å². The number of aliphatic hydroxyl groups is 1. The Kier molecular flexibility index (Phi) is 4.28. The summed E-state index contributed by atoms with van der Waals surface area (Å²) in [6.45, 7) is 4.39. The molecule has 8 atom stereocenters. The van der Waals surface area contributed by atoms with Crippen molar-refractivity contribution in [1.29, 1.82) is 0 Å². The topological polar surface area (TPSA) is 57.5 Å². The Labute approximate surface area is 156 Å². The molecule has 5 aliphatic rings. The highest BCUT2D eigenvalue weighted by atomic mass is 32.2. The number of rotatable bonds is 3. The molecule has 2 N–H and O–H groups in total. The van der Waals surface area contributed by atoms with Crippen LogP contribution in [0, 0.1) is 39.9 Å². The second kappa shape index (κ2) is 5.89. The molecule has 4 heteroatoms. The summed E-state index contributed by atoms with van der Waals surface area (Å²) in [5.74, 6) is 2.36. The molecule has 2 bridgehead atoms. The smallest absolute Gasteiger partial charge is 0.309 e. The van der Waals surface area contributed by atoms with Crippen molar-refractivity contribution in [3.63, 3.8) is 0 Å². The Bertz CT molecular complexity index is 565. The normalized spacial score (nSPS) is 54.6. The van der Waals surface area contributed by atoms with Crippen molar-refractivity contribution in [2.45, 2.75) is 71.3 Å². The zero-order valence-corrected chi connectivity index (χ0v) is 16.8. The zero-order chi connectivity index (χ0) is 18.0. The van der Waals surface area contributed by atoms with Crippen LogP contribution in [0.2, 0.25) is 0 Å². The number of aliphatic carboxylic acids is 1. The van der Waals surface area contributed by atoms with E-state index in [1.807, 2.05) is 18.7 Å². The second-order valence-electron chi connectivity index (χ2n) is 10.1. The van der Waals surface area contributed by atoms with E-state index in [-0.39, 0.29) is 22.9 Å². The van der Waals surface area contributed by atoms with Crippen LogP contribution in [0.1, 0.15) is 65.2 Å². The Morgan fingerprint density at radius 3 is 2.52 bits per heavy atom. The number of carboxylic acids is 1. The first-order valence-electron chi connectivity index (χ1n) is 10.2. The maximum Gasteiger partial charge on any atom is 0.309 e. The van der Waals surface area contributed by atoms with Gasteiger partial charge in [-0.15, -0.1) is 0 Å². The third-order valence-electron chi connectivity index (χ3n) is 9.33. The predicted octanol–water partition coefficient (Wildman–Crippen LogP) is 4.43. The SMILES string of the molecule is CSC[C@@H]1[C@@H]2CC[C@@]3(CC[C@H]4[C@@](C)(CCC[C@@]4(C)C(=O)O)[C@@H]3C2)[C@H]1O. The van der Waals surface area contributed by atoms with Crippen LogP contribution < -0.4 is 0 Å². The number of thioether (sulfide) groups is 1. The fraction of sp³-hybridized carbons (Fsp3) is 0.952. The van der Waals surface area contributed by atoms with Crippen molar-refractivity contribution in [2.75, 3.05) is 12.0 Å². The molecular weight excluding hydrogens is 332 g/mol. The minimum Gasteiger partial charge on any atom is -0.481 e. The molecule has 0 unspecified atom stereocenters. The van der Waals surface area contributed by atoms with Gasteiger partial charge in [-0.05, 0) is 98.4 Å². The number of hydrogen-bond acceptors (Lipinski definition) is 3. The molecule has 0 amide bonds. The summed E-state index contributed by atoms with van der Waals surface area (Å²) in [6, 6.07) is 0. The second-order valence-corrected chi connectivity index (χ2v) is 11.0. The molecule has 1 spiro atoms. The van der Waals surface area contributed by atoms with Gasteiger partial charge in [0.05, 0.1) is 11.5 Å². The van der Waals surface area contributed by atoms with Crippen molar-refractivity contribution in [3.8, 4) is 0 Å². The molecule has 142 valence electrons. The standard InChI is InChI=1S/C21H34O3S/c1-19-7-4-8-20(2,18(23)24)15(19)6-10-21-9-5-13(11-16(19)21)14(12-25-3)17(21)22/h13-17,22H,4-12H2,1-3H3,(H,23,24)/t13-,14-,15+,16+,17+,19-,20-,21+/m1/s1. The Morgan fingerprint density at radius 2 is 1.84 bits per heavy atom. The number of hydrogen-bond donors (Lipinski definition) is 2. The van der Waals surface area contributed by atoms with Gasteiger partial charge in [0.25, 0.3) is 0 Å². The fourth-order valence-corrected chi connectivity index (χ4v) is 8.99. The molecule has 0 aromatic heterocycles. The number of carboxylic acid groups (broad SMARTS) is 1. The minimum atomic E-state index is -0.596. The molecule has 5 saturated carbocycles. The van der Waals surface area contributed by atoms with Crippen LogP contribution in [0.15, 0.2) is 0 Å². The lowest BCUT2D eigenvalue weighted by Gasteiger charge is -2.70. The third-order valence-corrected chi connectivity index (χ3v) is 10.1. The van der Waals surface area contributed by atoms with Crippen molar-refractivity contribution in [1.82, 2.24) is 0 Å². The molecule has 0 radical (unpaired) electrons. The van der Waals surface area contributed by atoms with E-state index in [1.54, 1.807) is 0 Å². The van der Waals surface area contributed by atoms with Gasteiger partial charge in [-0.25, -0.2) is 0 Å². The Morgan fingerprint density at radius 1 is 1.12 bits per heavy atom. The van der Waals surface area contributed by atoms with E-state index in [1.165, 1.54) is 19.3 Å². The number of carbonyl (C=O) groups is 1. The molecule has 0 heterocycles. The van der Waals surface area contributed by atoms with Crippen molar-refractivity contribution < 1.29 is 15.0 Å². The van der Waals surface area contributed by atoms with Crippen molar-refractivity contribution in [3.05, 3.63) is 0 Å². The highest BCUT2D eigenvalue weighted by molar-refractivity contribution is 7.98. The maximum absolute atomic E-state index is 12.1. The maximum atomic E-state index is 12.1. The lowest BCUT2D eigenvalue weighted by molar-refractivity contribution is -0.241. The van der Waals surface area contributed by atoms with Crippen LogP contribution in [0.4, 0.5) is 0 Å². The van der Waals surface area contributed by atoms with Crippen LogP contribution >= 0.6 is 11.8 Å². The largest absolute Gasteiger partial charge is 0.481 e. The van der Waals surface area contributed by atoms with Gasteiger partial charge in [0.1, 0.15) is 0 Å². The highest BCUT2D eigenvalue weighted by Crippen LogP contribution is 2.72. The van der Waals surface area contributed by atoms with E-state index in [9.17, 15) is 15.0 Å². The molecule has 3 nitrogen and oxygen atoms in total. The summed E-state index contributed by atoms with van der Waals surface area (Å²) >= 11 is 1.88. The minimum absolute atomic E-state index is 0.0666. The van der Waals surface area contributed by atoms with E-state index < -0.39 is 11.4 Å². The first kappa shape index (κ1) is 18.2. The van der Waals surface area contributed by atoms with Gasteiger partial charge < -0.3 is 10.2 Å². The number of aliphatic hydroxyl groups excluding tert-OH is 1. The third kappa shape index (κ3) is 2.25. The van der Waals surface area contributed by atoms with Gasteiger partial charge in [-0.2, -0.15) is 11.8 Å². The molecule has 5 aliphatic carbocycles. The van der Waals surface area contributed by atoms with Gasteiger partial charge >= 0.3 is 5.97 Å². The molecule has 0 aliphatic heterocycles. The summed E-state index contributed by atoms with van der Waals surface area (Å²) in [5.41, 5.74) is -0.417. The van der Waals surface area contributed by atoms with E-state index in [2.05, 4.69) is 13.2 Å². The van der Waals surface area contributed by atoms with Crippen LogP contribution in [0.25, 0.3) is 0 Å². The molecule has 0 aromatic carbocycles. The zero-order valence-electron chi connectivity index (χ0n) is 16.0. The van der Waals surface area contributed by atoms with Gasteiger partial charge in [-0.1, -0.05) is 13.3 Å². The summed E-state index contributed by atoms with van der Waals surface area (Å²) < 4.78 is 0. The van der Waals surface area contributed by atoms with E-state index in [4.69, 9.17) is 0 Å². The van der Waals surface area contributed by atoms with Crippen molar-refractivity contribution >= 4 is 17.7 Å². The first-order chi connectivity index (χ1) is 11.8. The lowest BCUT2D eigenvalue weighted by Crippen LogP contribution is -2.67. The van der Waals surface area contributed by atoms with Gasteiger partial charge in [0.15, 0.2) is 0 Å². The van der Waals surface area contributed by atoms with Gasteiger partial charge in [0.2, 0.25) is 0 Å². The summed E-state index contributed by atoms with van der Waals surface area (Å²) in [4.78, 5) is 12.1. The lowest BCUT2D eigenvalue weighted by atomic mass is 9.35. The van der Waals surface area contributed by atoms with Crippen LogP contribution in [0.3, 0.4) is 0 Å². The molecule has 5 rings (SSSR count). The Balaban J connectivity index is 1.72. The average Bonchev–Trinajstić information content (AvgIpc) is 2.57. The van der Waals surface area contributed by atoms with Crippen LogP contribution in [-0.2, 0) is 4.79 Å². The summed E-state index contributed by atoms with van der Waals surface area (Å²) in [5, 5.41) is 21.4. The Hall–Kier alpha value is -0.220. The average molecular weight is 367 g/mol. The van der Waals surface area contributed by atoms with E-state index >= 15 is 0 Å². The monoisotopic (exact) mass is 366 g/mol. The van der Waals surface area contributed by atoms with Crippen molar-refractivity contribution in [2.24, 2.45) is 39.9 Å². The van der Waals surface area contributed by atoms with Crippen LogP contribution in [-0.4, -0.2) is 34.3 Å². The van der Waals surface area contributed by atoms with E-state index in [0.29, 0.717) is 17.8 Å². The number of fused-ring (bicyclic) bond motifs is 3. The van der Waals surface area contributed by atoms with E-state index in [0.717, 1.165) is 37.9 Å². The molecule has 5 fully saturated rings. The predicted molar refractivity (Wildman–Crippen MR) is 102 cm³/mol. The first-order valence-corrected chi connectivity index (χ1v) is 11.6. The summed E-state index contributed by atoms with van der Waals surface area (Å²) in [7, 11) is 0. The quantitative estimate of drug-likeness (QED) is 0.775. The van der Waals surface area contributed by atoms with Gasteiger partial charge in [-0.3, -0.25) is 4.79 Å².